The SMILES string of the molecule is Cc1ccn(Cc2cc(=O)c3cc(-c4cc(C)nc(Cl)c4)c(-c4ccccc4)nc3[nH]2)c1. The van der Waals surface area contributed by atoms with Crippen LogP contribution >= 0.6 is 11.6 Å². The highest BCUT2D eigenvalue weighted by Gasteiger charge is 2.15. The molecule has 1 aromatic carbocycles. The topological polar surface area (TPSA) is 63.6 Å². The molecular formula is C26H21ClN4O. The molecule has 0 fully saturated rings. The fraction of sp³-hybridized carbons (Fsp3) is 0.115. The summed E-state index contributed by atoms with van der Waals surface area (Å²) in [5, 5.41) is 0.947. The Bertz CT molecular complexity index is 1480. The number of hydrogen-bond acceptors (Lipinski definition) is 3. The molecule has 0 unspecified atom stereocenters. The average Bonchev–Trinajstić information content (AvgIpc) is 3.17. The van der Waals surface area contributed by atoms with Gasteiger partial charge in [0.25, 0.3) is 0 Å². The van der Waals surface area contributed by atoms with Crippen LogP contribution in [0.4, 0.5) is 0 Å². The molecule has 0 aliphatic heterocycles. The first-order valence-electron chi connectivity index (χ1n) is 10.4. The molecule has 0 aliphatic rings. The summed E-state index contributed by atoms with van der Waals surface area (Å²) in [5.74, 6) is 0. The van der Waals surface area contributed by atoms with Crippen molar-refractivity contribution in [2.75, 3.05) is 0 Å². The third-order valence-electron chi connectivity index (χ3n) is 5.40. The molecule has 5 rings (SSSR count). The molecule has 0 amide bonds. The standard InChI is InChI=1S/C26H21ClN4O/c1-16-8-9-31(14-16)15-20-12-23(32)22-13-21(19-10-17(2)28-24(27)11-19)25(30-26(22)29-20)18-6-4-3-5-7-18/h3-14H,15H2,1-2H3,(H,29,30,32). The Morgan fingerprint density at radius 2 is 1.78 bits per heavy atom. The zero-order chi connectivity index (χ0) is 22.2. The summed E-state index contributed by atoms with van der Waals surface area (Å²) in [6, 6.07) is 19.3. The second-order valence-corrected chi connectivity index (χ2v) is 8.37. The smallest absolute Gasteiger partial charge is 0.191 e. The summed E-state index contributed by atoms with van der Waals surface area (Å²) in [6.07, 6.45) is 4.04. The van der Waals surface area contributed by atoms with Crippen molar-refractivity contribution in [3.05, 3.63) is 105 Å². The number of aromatic nitrogens is 4. The van der Waals surface area contributed by atoms with E-state index in [1.54, 1.807) is 12.1 Å². The van der Waals surface area contributed by atoms with E-state index >= 15 is 0 Å². The predicted molar refractivity (Wildman–Crippen MR) is 129 cm³/mol. The molecule has 4 aromatic heterocycles. The summed E-state index contributed by atoms with van der Waals surface area (Å²) in [4.78, 5) is 25.6. The molecule has 0 bridgehead atoms. The zero-order valence-corrected chi connectivity index (χ0v) is 18.5. The van der Waals surface area contributed by atoms with Crippen LogP contribution in [0, 0.1) is 13.8 Å². The summed E-state index contributed by atoms with van der Waals surface area (Å²) in [6.45, 7) is 4.51. The Morgan fingerprint density at radius 1 is 0.969 bits per heavy atom. The van der Waals surface area contributed by atoms with Crippen molar-refractivity contribution in [2.24, 2.45) is 0 Å². The number of aromatic amines is 1. The maximum Gasteiger partial charge on any atom is 0.191 e. The van der Waals surface area contributed by atoms with Crippen LogP contribution in [0.1, 0.15) is 17.0 Å². The fourth-order valence-corrected chi connectivity index (χ4v) is 4.23. The van der Waals surface area contributed by atoms with Crippen molar-refractivity contribution in [1.29, 1.82) is 0 Å². The quantitative estimate of drug-likeness (QED) is 0.361. The Labute approximate surface area is 190 Å². The Kier molecular flexibility index (Phi) is 5.11. The third kappa shape index (κ3) is 3.95. The first-order chi connectivity index (χ1) is 15.5. The number of H-pyrrole nitrogens is 1. The number of nitrogens with zero attached hydrogens (tertiary/aromatic N) is 3. The highest BCUT2D eigenvalue weighted by atomic mass is 35.5. The van der Waals surface area contributed by atoms with Crippen molar-refractivity contribution in [2.45, 2.75) is 20.4 Å². The molecule has 0 radical (unpaired) electrons. The maximum absolute atomic E-state index is 13.1. The summed E-state index contributed by atoms with van der Waals surface area (Å²) >= 11 is 6.25. The number of nitrogens with one attached hydrogen (secondary N) is 1. The number of hydrogen-bond donors (Lipinski definition) is 1. The zero-order valence-electron chi connectivity index (χ0n) is 17.8. The molecule has 158 valence electrons. The molecule has 0 saturated carbocycles. The number of halogens is 1. The van der Waals surface area contributed by atoms with E-state index in [2.05, 4.69) is 9.97 Å². The van der Waals surface area contributed by atoms with Crippen molar-refractivity contribution in [3.63, 3.8) is 0 Å². The lowest BCUT2D eigenvalue weighted by Gasteiger charge is -2.13. The number of pyridine rings is 3. The minimum Gasteiger partial charge on any atom is -0.348 e. The van der Waals surface area contributed by atoms with E-state index in [0.717, 1.165) is 33.8 Å². The van der Waals surface area contributed by atoms with E-state index in [9.17, 15) is 4.79 Å². The van der Waals surface area contributed by atoms with E-state index in [1.165, 1.54) is 5.56 Å². The second-order valence-electron chi connectivity index (χ2n) is 7.99. The van der Waals surface area contributed by atoms with Gasteiger partial charge in [0.05, 0.1) is 17.6 Å². The van der Waals surface area contributed by atoms with Gasteiger partial charge >= 0.3 is 0 Å². The van der Waals surface area contributed by atoms with Gasteiger partial charge in [0.1, 0.15) is 10.8 Å². The lowest BCUT2D eigenvalue weighted by atomic mass is 9.98. The first kappa shape index (κ1) is 20.2. The van der Waals surface area contributed by atoms with Crippen molar-refractivity contribution in [1.82, 2.24) is 19.5 Å². The minimum atomic E-state index is -0.0668. The molecule has 32 heavy (non-hydrogen) atoms. The van der Waals surface area contributed by atoms with Crippen molar-refractivity contribution < 1.29 is 0 Å². The molecule has 5 nitrogen and oxygen atoms in total. The molecular weight excluding hydrogens is 420 g/mol. The largest absolute Gasteiger partial charge is 0.348 e. The van der Waals surface area contributed by atoms with Crippen LogP contribution in [-0.2, 0) is 6.54 Å². The molecule has 6 heteroatoms. The van der Waals surface area contributed by atoms with Gasteiger partial charge in [0, 0.05) is 41.0 Å². The summed E-state index contributed by atoms with van der Waals surface area (Å²) < 4.78 is 2.04. The van der Waals surface area contributed by atoms with Gasteiger partial charge in [0.2, 0.25) is 0 Å². The lowest BCUT2D eigenvalue weighted by molar-refractivity contribution is 0.781. The van der Waals surface area contributed by atoms with Gasteiger partial charge in [-0.25, -0.2) is 9.97 Å². The molecule has 4 heterocycles. The number of aryl methyl sites for hydroxylation is 2. The van der Waals surface area contributed by atoms with Gasteiger partial charge in [-0.05, 0) is 49.2 Å². The first-order valence-corrected chi connectivity index (χ1v) is 10.7. The molecule has 0 saturated heterocycles. The van der Waals surface area contributed by atoms with Gasteiger partial charge in [0.15, 0.2) is 5.43 Å². The van der Waals surface area contributed by atoms with Crippen LogP contribution in [0.15, 0.2) is 77.9 Å². The monoisotopic (exact) mass is 440 g/mol. The highest BCUT2D eigenvalue weighted by Crippen LogP contribution is 2.33. The van der Waals surface area contributed by atoms with E-state index in [0.29, 0.717) is 22.7 Å². The van der Waals surface area contributed by atoms with Gasteiger partial charge in [-0.15, -0.1) is 0 Å². The van der Waals surface area contributed by atoms with E-state index < -0.39 is 0 Å². The molecule has 0 atom stereocenters. The molecule has 0 aliphatic carbocycles. The highest BCUT2D eigenvalue weighted by molar-refractivity contribution is 6.29. The Hall–Kier alpha value is -3.70. The predicted octanol–water partition coefficient (Wildman–Crippen LogP) is 5.77. The Balaban J connectivity index is 1.73. The van der Waals surface area contributed by atoms with Crippen LogP contribution in [-0.4, -0.2) is 19.5 Å². The fourth-order valence-electron chi connectivity index (χ4n) is 3.98. The second kappa shape index (κ2) is 8.09. The van der Waals surface area contributed by atoms with Crippen LogP contribution in [0.5, 0.6) is 0 Å². The van der Waals surface area contributed by atoms with Crippen molar-refractivity contribution in [3.8, 4) is 22.4 Å². The van der Waals surface area contributed by atoms with E-state index in [-0.39, 0.29) is 5.43 Å². The molecule has 1 N–H and O–H groups in total. The normalized spacial score (nSPS) is 11.2. The Morgan fingerprint density at radius 3 is 2.50 bits per heavy atom. The van der Waals surface area contributed by atoms with Crippen LogP contribution < -0.4 is 5.43 Å². The van der Waals surface area contributed by atoms with E-state index in [4.69, 9.17) is 16.6 Å². The van der Waals surface area contributed by atoms with Gasteiger partial charge in [-0.2, -0.15) is 0 Å². The van der Waals surface area contributed by atoms with Crippen LogP contribution in [0.2, 0.25) is 5.15 Å². The number of rotatable bonds is 4. The summed E-state index contributed by atoms with van der Waals surface area (Å²) in [7, 11) is 0. The van der Waals surface area contributed by atoms with Crippen molar-refractivity contribution >= 4 is 22.6 Å². The number of benzene rings is 1. The van der Waals surface area contributed by atoms with Gasteiger partial charge in [-0.1, -0.05) is 41.9 Å². The van der Waals surface area contributed by atoms with Crippen LogP contribution in [0.3, 0.4) is 0 Å². The van der Waals surface area contributed by atoms with E-state index in [1.807, 2.05) is 79.3 Å². The van der Waals surface area contributed by atoms with Gasteiger partial charge in [-0.3, -0.25) is 4.79 Å². The van der Waals surface area contributed by atoms with Gasteiger partial charge < -0.3 is 9.55 Å². The lowest BCUT2D eigenvalue weighted by Crippen LogP contribution is -2.10. The third-order valence-corrected chi connectivity index (χ3v) is 5.60. The molecule has 0 spiro atoms. The van der Waals surface area contributed by atoms with Crippen LogP contribution in [0.25, 0.3) is 33.4 Å². The minimum absolute atomic E-state index is 0.0668. The number of fused-ring (bicyclic) bond motifs is 1. The summed E-state index contributed by atoms with van der Waals surface area (Å²) in [5.41, 5.74) is 6.74. The average molecular weight is 441 g/mol. The molecule has 5 aromatic rings. The maximum atomic E-state index is 13.1.